The Bertz CT molecular complexity index is 1100. The third-order valence-corrected chi connectivity index (χ3v) is 7.87. The molecule has 1 amide bonds. The van der Waals surface area contributed by atoms with Crippen molar-refractivity contribution in [3.63, 3.8) is 0 Å². The lowest BCUT2D eigenvalue weighted by Gasteiger charge is -2.31. The summed E-state index contributed by atoms with van der Waals surface area (Å²) in [5.74, 6) is 0.282. The third kappa shape index (κ3) is 6.68. The van der Waals surface area contributed by atoms with Crippen LogP contribution in [0.1, 0.15) is 63.1 Å². The lowest BCUT2D eigenvalue weighted by atomic mass is 10.0. The number of likely N-dealkylation sites (N-methyl/N-ethyl adjacent to an activating group) is 1. The van der Waals surface area contributed by atoms with Gasteiger partial charge in [-0.3, -0.25) is 4.79 Å². The first-order valence-electron chi connectivity index (χ1n) is 12.1. The normalized spacial score (nSPS) is 15.3. The van der Waals surface area contributed by atoms with Gasteiger partial charge in [-0.25, -0.2) is 8.42 Å². The summed E-state index contributed by atoms with van der Waals surface area (Å²) in [5.41, 5.74) is 2.40. The van der Waals surface area contributed by atoms with Crippen LogP contribution >= 0.6 is 0 Å². The van der Waals surface area contributed by atoms with Crippen molar-refractivity contribution in [2.45, 2.75) is 76.3 Å². The van der Waals surface area contributed by atoms with E-state index in [0.717, 1.165) is 43.2 Å². The standard InChI is InChI=1S/C27H35N3O3S/c1-4-30(24-7-5-6-8-24)27(31)26(18-22-9-11-23(19-28)12-10-22)29-34(32,33)25-15-13-21(14-16-25)17-20(2)3/h9-16,20,24,26,29H,4-8,17-18H2,1-3H3/t26-/m0/s1. The third-order valence-electron chi connectivity index (χ3n) is 6.39. The Kier molecular flexibility index (Phi) is 8.87. The van der Waals surface area contributed by atoms with Crippen LogP contribution in [0.4, 0.5) is 0 Å². The molecule has 0 saturated heterocycles. The zero-order valence-electron chi connectivity index (χ0n) is 20.3. The molecular formula is C27H35N3O3S. The smallest absolute Gasteiger partial charge is 0.241 e. The van der Waals surface area contributed by atoms with Crippen molar-refractivity contribution < 1.29 is 13.2 Å². The van der Waals surface area contributed by atoms with Gasteiger partial charge in [-0.1, -0.05) is 51.0 Å². The number of carbonyl (C=O) groups excluding carboxylic acids is 1. The van der Waals surface area contributed by atoms with Crippen molar-refractivity contribution in [3.8, 4) is 6.07 Å². The molecule has 34 heavy (non-hydrogen) atoms. The van der Waals surface area contributed by atoms with Gasteiger partial charge in [-0.2, -0.15) is 9.98 Å². The number of nitrogens with zero attached hydrogens (tertiary/aromatic N) is 2. The van der Waals surface area contributed by atoms with E-state index in [4.69, 9.17) is 5.26 Å². The molecule has 1 saturated carbocycles. The van der Waals surface area contributed by atoms with Crippen LogP contribution < -0.4 is 4.72 Å². The molecule has 3 rings (SSSR count). The molecule has 1 fully saturated rings. The highest BCUT2D eigenvalue weighted by molar-refractivity contribution is 7.89. The molecule has 1 aliphatic carbocycles. The Morgan fingerprint density at radius 2 is 1.59 bits per heavy atom. The fourth-order valence-electron chi connectivity index (χ4n) is 4.67. The van der Waals surface area contributed by atoms with E-state index in [1.165, 1.54) is 0 Å². The zero-order valence-corrected chi connectivity index (χ0v) is 21.1. The van der Waals surface area contributed by atoms with Crippen molar-refractivity contribution in [3.05, 3.63) is 65.2 Å². The van der Waals surface area contributed by atoms with Gasteiger partial charge in [0.05, 0.1) is 16.5 Å². The minimum atomic E-state index is -3.90. The SMILES string of the molecule is CCN(C(=O)[C@H](Cc1ccc(C#N)cc1)NS(=O)(=O)c1ccc(CC(C)C)cc1)C1CCCC1. The van der Waals surface area contributed by atoms with E-state index >= 15 is 0 Å². The number of benzene rings is 2. The number of sulfonamides is 1. The van der Waals surface area contributed by atoms with E-state index in [1.807, 2.05) is 24.0 Å². The molecule has 6 nitrogen and oxygen atoms in total. The van der Waals surface area contributed by atoms with Crippen LogP contribution in [0.2, 0.25) is 0 Å². The maximum Gasteiger partial charge on any atom is 0.241 e. The highest BCUT2D eigenvalue weighted by atomic mass is 32.2. The van der Waals surface area contributed by atoms with Crippen LogP contribution in [-0.4, -0.2) is 37.9 Å². The number of hydrogen-bond acceptors (Lipinski definition) is 4. The zero-order chi connectivity index (χ0) is 24.7. The molecule has 7 heteroatoms. The average molecular weight is 482 g/mol. The average Bonchev–Trinajstić information content (AvgIpc) is 3.34. The number of rotatable bonds is 10. The van der Waals surface area contributed by atoms with Crippen molar-refractivity contribution in [2.75, 3.05) is 6.54 Å². The molecule has 0 bridgehead atoms. The number of hydrogen-bond donors (Lipinski definition) is 1. The maximum atomic E-state index is 13.6. The fraction of sp³-hybridized carbons (Fsp3) is 0.481. The second-order valence-corrected chi connectivity index (χ2v) is 11.2. The molecule has 1 N–H and O–H groups in total. The van der Waals surface area contributed by atoms with E-state index in [0.29, 0.717) is 18.0 Å². The summed E-state index contributed by atoms with van der Waals surface area (Å²) in [6.07, 6.45) is 5.17. The molecule has 0 heterocycles. The molecule has 182 valence electrons. The molecule has 0 radical (unpaired) electrons. The lowest BCUT2D eigenvalue weighted by Crippen LogP contribution is -2.52. The van der Waals surface area contributed by atoms with E-state index < -0.39 is 16.1 Å². The topological polar surface area (TPSA) is 90.3 Å². The number of nitriles is 1. The van der Waals surface area contributed by atoms with Crippen LogP contribution in [0.25, 0.3) is 0 Å². The van der Waals surface area contributed by atoms with Gasteiger partial charge in [0.1, 0.15) is 6.04 Å². The fourth-order valence-corrected chi connectivity index (χ4v) is 5.86. The van der Waals surface area contributed by atoms with Gasteiger partial charge in [0, 0.05) is 12.6 Å². The lowest BCUT2D eigenvalue weighted by molar-refractivity contribution is -0.135. The summed E-state index contributed by atoms with van der Waals surface area (Å²) in [6.45, 7) is 6.72. The molecule has 1 aliphatic rings. The van der Waals surface area contributed by atoms with Gasteiger partial charge in [-0.05, 0) is 73.9 Å². The van der Waals surface area contributed by atoms with E-state index in [1.54, 1.807) is 36.4 Å². The van der Waals surface area contributed by atoms with Gasteiger partial charge in [0.15, 0.2) is 0 Å². The Morgan fingerprint density at radius 3 is 2.12 bits per heavy atom. The molecule has 2 aromatic rings. The molecule has 0 aliphatic heterocycles. The number of carbonyl (C=O) groups is 1. The molecule has 0 spiro atoms. The second kappa shape index (κ2) is 11.6. The van der Waals surface area contributed by atoms with E-state index in [9.17, 15) is 13.2 Å². The largest absolute Gasteiger partial charge is 0.339 e. The minimum absolute atomic E-state index is 0.154. The number of nitrogens with one attached hydrogen (secondary N) is 1. The summed E-state index contributed by atoms with van der Waals surface area (Å²) in [5, 5.41) is 9.07. The molecule has 0 aromatic heterocycles. The van der Waals surface area contributed by atoms with Crippen LogP contribution in [0.5, 0.6) is 0 Å². The van der Waals surface area contributed by atoms with Crippen molar-refractivity contribution >= 4 is 15.9 Å². The monoisotopic (exact) mass is 481 g/mol. The Hall–Kier alpha value is -2.69. The van der Waals surface area contributed by atoms with Crippen molar-refractivity contribution in [1.29, 1.82) is 5.26 Å². The van der Waals surface area contributed by atoms with Crippen LogP contribution in [0.3, 0.4) is 0 Å². The van der Waals surface area contributed by atoms with Crippen molar-refractivity contribution in [1.82, 2.24) is 9.62 Å². The highest BCUT2D eigenvalue weighted by Crippen LogP contribution is 2.25. The van der Waals surface area contributed by atoms with Crippen LogP contribution in [0, 0.1) is 17.2 Å². The number of amides is 1. The first-order chi connectivity index (χ1) is 16.2. The van der Waals surface area contributed by atoms with E-state index in [-0.39, 0.29) is 23.3 Å². The summed E-state index contributed by atoms with van der Waals surface area (Å²) in [7, 11) is -3.90. The van der Waals surface area contributed by atoms with Gasteiger partial charge in [-0.15, -0.1) is 0 Å². The maximum absolute atomic E-state index is 13.6. The van der Waals surface area contributed by atoms with Gasteiger partial charge < -0.3 is 4.90 Å². The van der Waals surface area contributed by atoms with Gasteiger partial charge in [0.25, 0.3) is 0 Å². The Morgan fingerprint density at radius 1 is 1.03 bits per heavy atom. The summed E-state index contributed by atoms with van der Waals surface area (Å²) in [4.78, 5) is 15.6. The molecule has 1 atom stereocenters. The summed E-state index contributed by atoms with van der Waals surface area (Å²) in [6, 6.07) is 15.1. The summed E-state index contributed by atoms with van der Waals surface area (Å²) >= 11 is 0. The predicted molar refractivity (Wildman–Crippen MR) is 134 cm³/mol. The molecule has 2 aromatic carbocycles. The first kappa shape index (κ1) is 25.9. The Labute approximate surface area is 204 Å². The Balaban J connectivity index is 1.86. The van der Waals surface area contributed by atoms with Crippen LogP contribution in [-0.2, 0) is 27.7 Å². The van der Waals surface area contributed by atoms with E-state index in [2.05, 4.69) is 24.6 Å². The van der Waals surface area contributed by atoms with Crippen LogP contribution in [0.15, 0.2) is 53.4 Å². The van der Waals surface area contributed by atoms with Gasteiger partial charge >= 0.3 is 0 Å². The molecule has 0 unspecified atom stereocenters. The summed E-state index contributed by atoms with van der Waals surface area (Å²) < 4.78 is 29.3. The highest BCUT2D eigenvalue weighted by Gasteiger charge is 2.33. The quantitative estimate of drug-likeness (QED) is 0.543. The van der Waals surface area contributed by atoms with Gasteiger partial charge in [0.2, 0.25) is 15.9 Å². The second-order valence-electron chi connectivity index (χ2n) is 9.49. The first-order valence-corrected chi connectivity index (χ1v) is 13.6. The predicted octanol–water partition coefficient (Wildman–Crippen LogP) is 4.44. The molecular weight excluding hydrogens is 446 g/mol. The minimum Gasteiger partial charge on any atom is -0.339 e. The van der Waals surface area contributed by atoms with Crippen molar-refractivity contribution in [2.24, 2.45) is 5.92 Å².